The van der Waals surface area contributed by atoms with Gasteiger partial charge >= 0.3 is 0 Å². The first-order valence-corrected chi connectivity index (χ1v) is 12.6. The maximum absolute atomic E-state index is 13.9. The number of nitrogens with one attached hydrogen (secondary N) is 1. The highest BCUT2D eigenvalue weighted by molar-refractivity contribution is 7.21. The minimum Gasteiger partial charge on any atom is -0.344 e. The Kier molecular flexibility index (Phi) is 5.37. The normalized spacial score (nSPS) is 17.0. The number of aromatic nitrogens is 1. The molecule has 0 unspecified atom stereocenters. The first-order valence-electron chi connectivity index (χ1n) is 10.9. The summed E-state index contributed by atoms with van der Waals surface area (Å²) in [6, 6.07) is 7.26. The number of carbonyl (C=O) groups is 1. The van der Waals surface area contributed by atoms with Crippen molar-refractivity contribution in [3.8, 4) is 11.1 Å². The van der Waals surface area contributed by atoms with Crippen molar-refractivity contribution in [2.24, 2.45) is 5.41 Å². The summed E-state index contributed by atoms with van der Waals surface area (Å²) < 4.78 is 28.6. The van der Waals surface area contributed by atoms with Crippen molar-refractivity contribution >= 4 is 38.8 Å². The molecule has 1 aliphatic carbocycles. The van der Waals surface area contributed by atoms with Crippen LogP contribution in [-0.4, -0.2) is 10.9 Å². The van der Waals surface area contributed by atoms with Crippen LogP contribution in [-0.2, 0) is 6.42 Å². The first-order chi connectivity index (χ1) is 15.7. The molecule has 0 aliphatic heterocycles. The van der Waals surface area contributed by atoms with Crippen LogP contribution < -0.4 is 5.32 Å². The highest BCUT2D eigenvalue weighted by Crippen LogP contribution is 2.48. The summed E-state index contributed by atoms with van der Waals surface area (Å²) in [5, 5.41) is 5.37. The molecule has 0 radical (unpaired) electrons. The fourth-order valence-corrected chi connectivity index (χ4v) is 7.32. The maximum atomic E-state index is 13.9. The van der Waals surface area contributed by atoms with Gasteiger partial charge in [0.1, 0.15) is 11.6 Å². The van der Waals surface area contributed by atoms with Crippen LogP contribution in [0, 0.1) is 17.0 Å². The standard InChI is InChI=1S/C26H24F2N2OS2/c1-13(2)20-21-22(17(5-7-29-21)14-9-15(27)11-16(28)10-14)33-23(20)25(31)30-24-18-6-8-32-19(18)12-26(24,3)4/h5-11,13,24H,12H2,1-4H3,(H,30,31)/t24-/m0/s1. The molecule has 1 aromatic carbocycles. The van der Waals surface area contributed by atoms with Crippen molar-refractivity contribution in [1.29, 1.82) is 0 Å². The van der Waals surface area contributed by atoms with Crippen molar-refractivity contribution in [2.45, 2.75) is 46.1 Å². The molecule has 3 aromatic heterocycles. The third-order valence-corrected chi connectivity index (χ3v) is 8.49. The average Bonchev–Trinajstić information content (AvgIpc) is 3.39. The van der Waals surface area contributed by atoms with Crippen molar-refractivity contribution in [2.75, 3.05) is 0 Å². The van der Waals surface area contributed by atoms with E-state index in [2.05, 4.69) is 35.6 Å². The van der Waals surface area contributed by atoms with Crippen LogP contribution in [0.3, 0.4) is 0 Å². The van der Waals surface area contributed by atoms with E-state index in [4.69, 9.17) is 0 Å². The number of halogens is 2. The Bertz CT molecular complexity index is 1370. The van der Waals surface area contributed by atoms with Gasteiger partial charge in [0.15, 0.2) is 0 Å². The maximum Gasteiger partial charge on any atom is 0.262 e. The van der Waals surface area contributed by atoms with E-state index in [0.717, 1.165) is 22.8 Å². The van der Waals surface area contributed by atoms with Gasteiger partial charge in [0.05, 0.1) is 21.1 Å². The summed E-state index contributed by atoms with van der Waals surface area (Å²) in [5.41, 5.74) is 3.81. The topological polar surface area (TPSA) is 42.0 Å². The Hall–Kier alpha value is -2.64. The molecule has 170 valence electrons. The monoisotopic (exact) mass is 482 g/mol. The number of nitrogens with zero attached hydrogens (tertiary/aromatic N) is 1. The van der Waals surface area contributed by atoms with Gasteiger partial charge in [0, 0.05) is 28.3 Å². The van der Waals surface area contributed by atoms with Gasteiger partial charge in [-0.1, -0.05) is 27.7 Å². The van der Waals surface area contributed by atoms with Gasteiger partial charge in [-0.15, -0.1) is 22.7 Å². The summed E-state index contributed by atoms with van der Waals surface area (Å²) in [6.45, 7) is 8.42. The molecule has 3 nitrogen and oxygen atoms in total. The highest BCUT2D eigenvalue weighted by Gasteiger charge is 2.41. The van der Waals surface area contributed by atoms with Crippen LogP contribution in [0.25, 0.3) is 21.3 Å². The summed E-state index contributed by atoms with van der Waals surface area (Å²) in [6.07, 6.45) is 2.57. The predicted molar refractivity (Wildman–Crippen MR) is 131 cm³/mol. The first kappa shape index (κ1) is 22.2. The Morgan fingerprint density at radius 3 is 2.61 bits per heavy atom. The van der Waals surface area contributed by atoms with E-state index in [-0.39, 0.29) is 23.3 Å². The second kappa shape index (κ2) is 7.99. The van der Waals surface area contributed by atoms with Crippen LogP contribution in [0.1, 0.15) is 65.3 Å². The van der Waals surface area contributed by atoms with Crippen LogP contribution in [0.5, 0.6) is 0 Å². The molecule has 33 heavy (non-hydrogen) atoms. The Morgan fingerprint density at radius 2 is 1.91 bits per heavy atom. The zero-order valence-corrected chi connectivity index (χ0v) is 20.5. The highest BCUT2D eigenvalue weighted by atomic mass is 32.1. The van der Waals surface area contributed by atoms with E-state index in [9.17, 15) is 13.6 Å². The van der Waals surface area contributed by atoms with Crippen LogP contribution in [0.15, 0.2) is 41.9 Å². The van der Waals surface area contributed by atoms with Crippen LogP contribution in [0.2, 0.25) is 0 Å². The molecular weight excluding hydrogens is 458 g/mol. The number of amides is 1. The molecule has 0 spiro atoms. The number of pyridine rings is 1. The molecule has 1 atom stereocenters. The number of hydrogen-bond acceptors (Lipinski definition) is 4. The van der Waals surface area contributed by atoms with Crippen LogP contribution >= 0.6 is 22.7 Å². The van der Waals surface area contributed by atoms with Gasteiger partial charge in [0.25, 0.3) is 5.91 Å². The van der Waals surface area contributed by atoms with E-state index in [1.165, 1.54) is 33.9 Å². The lowest BCUT2D eigenvalue weighted by Gasteiger charge is -2.28. The third-order valence-electron chi connectivity index (χ3n) is 6.33. The molecule has 5 rings (SSSR count). The zero-order chi connectivity index (χ0) is 23.5. The Morgan fingerprint density at radius 1 is 1.18 bits per heavy atom. The smallest absolute Gasteiger partial charge is 0.262 e. The zero-order valence-electron chi connectivity index (χ0n) is 18.8. The van der Waals surface area contributed by atoms with Gasteiger partial charge in [-0.25, -0.2) is 8.78 Å². The fourth-order valence-electron chi connectivity index (χ4n) is 4.81. The fraction of sp³-hybridized carbons (Fsp3) is 0.308. The second-order valence-corrected chi connectivity index (χ2v) is 11.6. The van der Waals surface area contributed by atoms with Gasteiger partial charge in [-0.3, -0.25) is 9.78 Å². The number of benzene rings is 1. The molecule has 1 N–H and O–H groups in total. The quantitative estimate of drug-likeness (QED) is 0.328. The van der Waals surface area contributed by atoms with E-state index in [0.29, 0.717) is 21.5 Å². The SMILES string of the molecule is CC(C)c1c(C(=O)N[C@H]2c3ccsc3CC2(C)C)sc2c(-c3cc(F)cc(F)c3)ccnc12. The van der Waals surface area contributed by atoms with Gasteiger partial charge in [0.2, 0.25) is 0 Å². The molecule has 0 fully saturated rings. The van der Waals surface area contributed by atoms with Crippen molar-refractivity contribution in [1.82, 2.24) is 10.3 Å². The van der Waals surface area contributed by atoms with Crippen molar-refractivity contribution < 1.29 is 13.6 Å². The molecule has 0 bridgehead atoms. The predicted octanol–water partition coefficient (Wildman–Crippen LogP) is 7.48. The molecule has 3 heterocycles. The number of hydrogen-bond donors (Lipinski definition) is 1. The summed E-state index contributed by atoms with van der Waals surface area (Å²) >= 11 is 3.08. The number of fused-ring (bicyclic) bond motifs is 2. The van der Waals surface area contributed by atoms with Crippen molar-refractivity contribution in [3.05, 3.63) is 74.4 Å². The van der Waals surface area contributed by atoms with Gasteiger partial charge in [-0.05, 0) is 58.5 Å². The lowest BCUT2D eigenvalue weighted by atomic mass is 9.85. The average molecular weight is 483 g/mol. The Labute approximate surface area is 199 Å². The van der Waals surface area contributed by atoms with E-state index in [1.807, 2.05) is 13.8 Å². The molecule has 4 aromatic rings. The van der Waals surface area contributed by atoms with E-state index >= 15 is 0 Å². The minimum atomic E-state index is -0.636. The Balaban J connectivity index is 1.61. The number of carbonyl (C=O) groups excluding carboxylic acids is 1. The second-order valence-electron chi connectivity index (χ2n) is 9.56. The largest absolute Gasteiger partial charge is 0.344 e. The molecular formula is C26H24F2N2OS2. The summed E-state index contributed by atoms with van der Waals surface area (Å²) in [4.78, 5) is 20.1. The molecule has 7 heteroatoms. The van der Waals surface area contributed by atoms with Crippen molar-refractivity contribution in [3.63, 3.8) is 0 Å². The van der Waals surface area contributed by atoms with Crippen LogP contribution in [0.4, 0.5) is 8.78 Å². The summed E-state index contributed by atoms with van der Waals surface area (Å²) in [5.74, 6) is -1.35. The molecule has 1 amide bonds. The molecule has 0 saturated carbocycles. The molecule has 0 saturated heterocycles. The number of rotatable bonds is 4. The molecule has 1 aliphatic rings. The lowest BCUT2D eigenvalue weighted by molar-refractivity contribution is 0.0906. The van der Waals surface area contributed by atoms with E-state index < -0.39 is 11.6 Å². The number of thiophene rings is 2. The van der Waals surface area contributed by atoms with Gasteiger partial charge in [-0.2, -0.15) is 0 Å². The lowest BCUT2D eigenvalue weighted by Crippen LogP contribution is -2.35. The van der Waals surface area contributed by atoms with Gasteiger partial charge < -0.3 is 5.32 Å². The van der Waals surface area contributed by atoms with E-state index in [1.54, 1.807) is 23.6 Å². The third kappa shape index (κ3) is 3.77. The minimum absolute atomic E-state index is 0.0554. The summed E-state index contributed by atoms with van der Waals surface area (Å²) in [7, 11) is 0.